The molecule has 0 saturated carbocycles. The lowest BCUT2D eigenvalue weighted by Crippen LogP contribution is -2.35. The first-order valence-corrected chi connectivity index (χ1v) is 10.6. The van der Waals surface area contributed by atoms with Gasteiger partial charge in [-0.05, 0) is 49.7 Å². The summed E-state index contributed by atoms with van der Waals surface area (Å²) in [4.78, 5) is 33.4. The monoisotopic (exact) mass is 432 g/mol. The first-order chi connectivity index (χ1) is 15.5. The summed E-state index contributed by atoms with van der Waals surface area (Å²) >= 11 is 0. The molecular weight excluding hydrogens is 407 g/mol. The van der Waals surface area contributed by atoms with Gasteiger partial charge in [-0.15, -0.1) is 0 Å². The number of benzene rings is 2. The molecule has 4 rings (SSSR count). The van der Waals surface area contributed by atoms with Crippen molar-refractivity contribution in [1.82, 2.24) is 9.88 Å². The Bertz CT molecular complexity index is 1100. The molecule has 1 fully saturated rings. The Morgan fingerprint density at radius 2 is 1.72 bits per heavy atom. The first kappa shape index (κ1) is 21.5. The third kappa shape index (κ3) is 4.94. The number of carbonyl (C=O) groups is 2. The lowest BCUT2D eigenvalue weighted by molar-refractivity contribution is 0.0762. The molecule has 0 spiro atoms. The van der Waals surface area contributed by atoms with Crippen molar-refractivity contribution < 1.29 is 14.0 Å². The maximum atomic E-state index is 14.0. The molecule has 2 amide bonds. The van der Waals surface area contributed by atoms with Crippen LogP contribution in [-0.2, 0) is 0 Å². The van der Waals surface area contributed by atoms with Crippen LogP contribution in [0.5, 0.6) is 0 Å². The second kappa shape index (κ2) is 9.60. The Kier molecular flexibility index (Phi) is 6.44. The van der Waals surface area contributed by atoms with Crippen LogP contribution in [0.3, 0.4) is 0 Å². The fraction of sp³-hybridized carbons (Fsp3) is 0.240. The lowest BCUT2D eigenvalue weighted by atomic mass is 10.1. The molecule has 7 heteroatoms. The average molecular weight is 432 g/mol. The Balaban J connectivity index is 1.37. The van der Waals surface area contributed by atoms with E-state index in [4.69, 9.17) is 0 Å². The predicted octanol–water partition coefficient (Wildman–Crippen LogP) is 4.13. The number of aryl methyl sites for hydroxylation is 1. The molecule has 3 aromatic rings. The summed E-state index contributed by atoms with van der Waals surface area (Å²) < 4.78 is 14.0. The van der Waals surface area contributed by atoms with Gasteiger partial charge in [-0.1, -0.05) is 29.8 Å². The molecule has 0 radical (unpaired) electrons. The largest absolute Gasteiger partial charge is 0.355 e. The van der Waals surface area contributed by atoms with Crippen LogP contribution in [-0.4, -0.2) is 47.9 Å². The molecule has 0 bridgehead atoms. The normalized spacial score (nSPS) is 14.1. The van der Waals surface area contributed by atoms with E-state index in [-0.39, 0.29) is 17.4 Å². The van der Waals surface area contributed by atoms with Gasteiger partial charge in [0.2, 0.25) is 0 Å². The van der Waals surface area contributed by atoms with Gasteiger partial charge in [0.25, 0.3) is 11.8 Å². The van der Waals surface area contributed by atoms with E-state index in [1.54, 1.807) is 35.4 Å². The Morgan fingerprint density at radius 3 is 2.44 bits per heavy atom. The van der Waals surface area contributed by atoms with Crippen LogP contribution in [0, 0.1) is 12.7 Å². The standard InChI is InChI=1S/C25H25FN4O2/c1-18-7-9-19(10-8-18)24(31)28-20-11-12-23(27-17-20)29-13-4-14-30(16-15-29)25(32)21-5-2-3-6-22(21)26/h2-3,5-12,17H,4,13-16H2,1H3,(H,28,31). The summed E-state index contributed by atoms with van der Waals surface area (Å²) in [5.41, 5.74) is 2.41. The summed E-state index contributed by atoms with van der Waals surface area (Å²) in [6.45, 7) is 4.36. The molecule has 1 N–H and O–H groups in total. The van der Waals surface area contributed by atoms with Gasteiger partial charge in [-0.2, -0.15) is 0 Å². The van der Waals surface area contributed by atoms with E-state index < -0.39 is 5.82 Å². The Hall–Kier alpha value is -3.74. The van der Waals surface area contributed by atoms with E-state index in [2.05, 4.69) is 15.2 Å². The molecule has 1 saturated heterocycles. The summed E-state index contributed by atoms with van der Waals surface area (Å²) in [5.74, 6) is -0.189. The zero-order chi connectivity index (χ0) is 22.5. The highest BCUT2D eigenvalue weighted by molar-refractivity contribution is 6.04. The fourth-order valence-corrected chi connectivity index (χ4v) is 3.71. The summed E-state index contributed by atoms with van der Waals surface area (Å²) in [6, 6.07) is 17.1. The van der Waals surface area contributed by atoms with Crippen LogP contribution < -0.4 is 10.2 Å². The first-order valence-electron chi connectivity index (χ1n) is 10.6. The van der Waals surface area contributed by atoms with E-state index in [1.165, 1.54) is 12.1 Å². The number of nitrogens with one attached hydrogen (secondary N) is 1. The molecule has 32 heavy (non-hydrogen) atoms. The second-order valence-corrected chi connectivity index (χ2v) is 7.84. The van der Waals surface area contributed by atoms with Crippen LogP contribution in [0.1, 0.15) is 32.7 Å². The van der Waals surface area contributed by atoms with E-state index in [1.807, 2.05) is 31.2 Å². The van der Waals surface area contributed by atoms with Crippen LogP contribution in [0.2, 0.25) is 0 Å². The quantitative estimate of drug-likeness (QED) is 0.673. The van der Waals surface area contributed by atoms with Crippen molar-refractivity contribution in [2.75, 3.05) is 36.4 Å². The van der Waals surface area contributed by atoms with Crippen LogP contribution in [0.15, 0.2) is 66.9 Å². The topological polar surface area (TPSA) is 65.5 Å². The number of carbonyl (C=O) groups excluding carboxylic acids is 2. The predicted molar refractivity (Wildman–Crippen MR) is 123 cm³/mol. The molecule has 2 aromatic carbocycles. The zero-order valence-corrected chi connectivity index (χ0v) is 17.9. The zero-order valence-electron chi connectivity index (χ0n) is 17.9. The molecule has 0 atom stereocenters. The molecular formula is C25H25FN4O2. The maximum absolute atomic E-state index is 14.0. The van der Waals surface area contributed by atoms with Gasteiger partial charge in [0.15, 0.2) is 0 Å². The molecule has 0 aliphatic carbocycles. The Labute approximate surface area is 186 Å². The number of halogens is 1. The third-order valence-electron chi connectivity index (χ3n) is 5.53. The minimum atomic E-state index is -0.497. The van der Waals surface area contributed by atoms with E-state index in [0.717, 1.165) is 24.3 Å². The Morgan fingerprint density at radius 1 is 0.938 bits per heavy atom. The minimum absolute atomic E-state index is 0.104. The number of amides is 2. The number of pyridine rings is 1. The number of nitrogens with zero attached hydrogens (tertiary/aromatic N) is 3. The smallest absolute Gasteiger partial charge is 0.256 e. The van der Waals surface area contributed by atoms with Gasteiger partial charge >= 0.3 is 0 Å². The molecule has 2 heterocycles. The fourth-order valence-electron chi connectivity index (χ4n) is 3.71. The van der Waals surface area contributed by atoms with Gasteiger partial charge in [-0.25, -0.2) is 9.37 Å². The molecule has 1 aliphatic heterocycles. The van der Waals surface area contributed by atoms with E-state index >= 15 is 0 Å². The summed E-state index contributed by atoms with van der Waals surface area (Å²) in [5, 5.41) is 2.86. The average Bonchev–Trinajstić information content (AvgIpc) is 3.06. The van der Waals surface area contributed by atoms with Crippen molar-refractivity contribution in [2.24, 2.45) is 0 Å². The van der Waals surface area contributed by atoms with Crippen molar-refractivity contribution in [3.05, 3.63) is 89.4 Å². The highest BCUT2D eigenvalue weighted by Crippen LogP contribution is 2.19. The van der Waals surface area contributed by atoms with Crippen LogP contribution in [0.25, 0.3) is 0 Å². The highest BCUT2D eigenvalue weighted by Gasteiger charge is 2.22. The molecule has 164 valence electrons. The SMILES string of the molecule is Cc1ccc(C(=O)Nc2ccc(N3CCCN(C(=O)c4ccccc4F)CC3)nc2)cc1. The van der Waals surface area contributed by atoms with Crippen molar-refractivity contribution >= 4 is 23.3 Å². The third-order valence-corrected chi connectivity index (χ3v) is 5.53. The second-order valence-electron chi connectivity index (χ2n) is 7.84. The lowest BCUT2D eigenvalue weighted by Gasteiger charge is -2.23. The number of rotatable bonds is 4. The number of aromatic nitrogens is 1. The van der Waals surface area contributed by atoms with Gasteiger partial charge in [0.05, 0.1) is 17.4 Å². The molecule has 1 aliphatic rings. The van der Waals surface area contributed by atoms with Crippen molar-refractivity contribution in [1.29, 1.82) is 0 Å². The van der Waals surface area contributed by atoms with E-state index in [0.29, 0.717) is 30.9 Å². The molecule has 6 nitrogen and oxygen atoms in total. The van der Waals surface area contributed by atoms with Crippen molar-refractivity contribution in [3.63, 3.8) is 0 Å². The van der Waals surface area contributed by atoms with Crippen molar-refractivity contribution in [3.8, 4) is 0 Å². The minimum Gasteiger partial charge on any atom is -0.355 e. The van der Waals surface area contributed by atoms with E-state index in [9.17, 15) is 14.0 Å². The van der Waals surface area contributed by atoms with Crippen LogP contribution >= 0.6 is 0 Å². The summed E-state index contributed by atoms with van der Waals surface area (Å²) in [6.07, 6.45) is 2.39. The number of anilines is 2. The molecule has 1 aromatic heterocycles. The van der Waals surface area contributed by atoms with Gasteiger partial charge < -0.3 is 15.1 Å². The summed E-state index contributed by atoms with van der Waals surface area (Å²) in [7, 11) is 0. The number of hydrogen-bond acceptors (Lipinski definition) is 4. The number of hydrogen-bond donors (Lipinski definition) is 1. The maximum Gasteiger partial charge on any atom is 0.256 e. The van der Waals surface area contributed by atoms with Crippen molar-refractivity contribution in [2.45, 2.75) is 13.3 Å². The highest BCUT2D eigenvalue weighted by atomic mass is 19.1. The van der Waals surface area contributed by atoms with Gasteiger partial charge in [-0.3, -0.25) is 9.59 Å². The van der Waals surface area contributed by atoms with Crippen LogP contribution in [0.4, 0.5) is 15.9 Å². The molecule has 0 unspecified atom stereocenters. The van der Waals surface area contributed by atoms with Gasteiger partial charge in [0.1, 0.15) is 11.6 Å². The van der Waals surface area contributed by atoms with Gasteiger partial charge in [0, 0.05) is 31.7 Å².